The van der Waals surface area contributed by atoms with Gasteiger partial charge >= 0.3 is 0 Å². The molecule has 3 rings (SSSR count). The minimum Gasteiger partial charge on any atom is -0.325 e. The third-order valence-corrected chi connectivity index (χ3v) is 6.00. The van der Waals surface area contributed by atoms with Crippen molar-refractivity contribution in [2.24, 2.45) is 0 Å². The molecular formula is C17H13ClFN3O3S2. The van der Waals surface area contributed by atoms with Crippen LogP contribution in [-0.4, -0.2) is 19.3 Å². The molecule has 0 unspecified atom stereocenters. The molecule has 2 aromatic carbocycles. The molecule has 0 spiro atoms. The lowest BCUT2D eigenvalue weighted by Crippen LogP contribution is -2.13. The second-order valence-electron chi connectivity index (χ2n) is 5.48. The summed E-state index contributed by atoms with van der Waals surface area (Å²) >= 11 is 7.18. The molecule has 10 heteroatoms. The van der Waals surface area contributed by atoms with Crippen molar-refractivity contribution in [3.63, 3.8) is 0 Å². The van der Waals surface area contributed by atoms with Gasteiger partial charge < -0.3 is 5.32 Å². The van der Waals surface area contributed by atoms with Crippen molar-refractivity contribution in [2.45, 2.75) is 11.9 Å². The zero-order valence-electron chi connectivity index (χ0n) is 13.9. The SMILES string of the molecule is CC(=O)Nc1ccc(NS(=O)(=O)c2csc(-c3ccc(F)cc3)n2)cc1Cl. The van der Waals surface area contributed by atoms with Gasteiger partial charge in [0.2, 0.25) is 5.91 Å². The third-order valence-electron chi connectivity index (χ3n) is 3.38. The highest BCUT2D eigenvalue weighted by molar-refractivity contribution is 7.92. The highest BCUT2D eigenvalue weighted by Gasteiger charge is 2.19. The summed E-state index contributed by atoms with van der Waals surface area (Å²) in [6, 6.07) is 9.97. The maximum Gasteiger partial charge on any atom is 0.280 e. The van der Waals surface area contributed by atoms with Gasteiger partial charge in [-0.05, 0) is 42.5 Å². The first kappa shape index (κ1) is 19.3. The first-order chi connectivity index (χ1) is 12.7. The van der Waals surface area contributed by atoms with Gasteiger partial charge in [0.05, 0.1) is 16.4 Å². The topological polar surface area (TPSA) is 88.2 Å². The lowest BCUT2D eigenvalue weighted by molar-refractivity contribution is -0.114. The maximum atomic E-state index is 13.0. The standard InChI is InChI=1S/C17H13ClFN3O3S2/c1-10(23)20-15-7-6-13(8-14(15)18)22-27(24,25)16-9-26-17(21-16)11-2-4-12(19)5-3-11/h2-9,22H,1H3,(H,20,23). The smallest absolute Gasteiger partial charge is 0.280 e. The van der Waals surface area contributed by atoms with Crippen LogP contribution in [0.15, 0.2) is 52.9 Å². The maximum absolute atomic E-state index is 13.0. The lowest BCUT2D eigenvalue weighted by atomic mass is 10.2. The zero-order chi connectivity index (χ0) is 19.6. The molecule has 0 atom stereocenters. The molecule has 1 heterocycles. The van der Waals surface area contributed by atoms with Crippen molar-refractivity contribution in [1.29, 1.82) is 0 Å². The number of nitrogens with one attached hydrogen (secondary N) is 2. The average molecular weight is 426 g/mol. The van der Waals surface area contributed by atoms with Crippen LogP contribution in [0.2, 0.25) is 5.02 Å². The molecule has 0 bridgehead atoms. The van der Waals surface area contributed by atoms with Crippen molar-refractivity contribution in [3.05, 3.63) is 58.7 Å². The first-order valence-corrected chi connectivity index (χ1v) is 10.3. The molecule has 0 saturated carbocycles. The molecule has 0 aliphatic heterocycles. The number of halogens is 2. The summed E-state index contributed by atoms with van der Waals surface area (Å²) in [5, 5.41) is 4.42. The largest absolute Gasteiger partial charge is 0.325 e. The van der Waals surface area contributed by atoms with E-state index in [4.69, 9.17) is 11.6 Å². The fourth-order valence-corrected chi connectivity index (χ4v) is 4.56. The molecular weight excluding hydrogens is 413 g/mol. The summed E-state index contributed by atoms with van der Waals surface area (Å²) in [5.41, 5.74) is 1.22. The van der Waals surface area contributed by atoms with E-state index in [2.05, 4.69) is 15.0 Å². The summed E-state index contributed by atoms with van der Waals surface area (Å²) in [4.78, 5) is 15.2. The number of sulfonamides is 1. The molecule has 27 heavy (non-hydrogen) atoms. The van der Waals surface area contributed by atoms with Gasteiger partial charge in [-0.3, -0.25) is 9.52 Å². The van der Waals surface area contributed by atoms with Gasteiger partial charge in [0, 0.05) is 17.9 Å². The molecule has 2 N–H and O–H groups in total. The molecule has 140 valence electrons. The van der Waals surface area contributed by atoms with Crippen LogP contribution in [0, 0.1) is 5.82 Å². The van der Waals surface area contributed by atoms with E-state index in [1.54, 1.807) is 0 Å². The Balaban J connectivity index is 1.82. The van der Waals surface area contributed by atoms with Crippen LogP contribution in [0.3, 0.4) is 0 Å². The number of aromatic nitrogens is 1. The number of benzene rings is 2. The number of anilines is 2. The van der Waals surface area contributed by atoms with E-state index in [1.165, 1.54) is 54.8 Å². The van der Waals surface area contributed by atoms with Crippen LogP contribution < -0.4 is 10.0 Å². The van der Waals surface area contributed by atoms with Crippen LogP contribution in [0.25, 0.3) is 10.6 Å². The third kappa shape index (κ3) is 4.62. The van der Waals surface area contributed by atoms with Crippen LogP contribution in [-0.2, 0) is 14.8 Å². The van der Waals surface area contributed by atoms with E-state index >= 15 is 0 Å². The second-order valence-corrected chi connectivity index (χ2v) is 8.37. The fraction of sp³-hybridized carbons (Fsp3) is 0.0588. The Morgan fingerprint density at radius 3 is 2.52 bits per heavy atom. The molecule has 0 saturated heterocycles. The quantitative estimate of drug-likeness (QED) is 0.635. The van der Waals surface area contributed by atoms with Crippen LogP contribution in [0.1, 0.15) is 6.92 Å². The molecule has 0 fully saturated rings. The molecule has 0 aliphatic rings. The predicted molar refractivity (Wildman–Crippen MR) is 104 cm³/mol. The Morgan fingerprint density at radius 2 is 1.89 bits per heavy atom. The first-order valence-electron chi connectivity index (χ1n) is 7.56. The number of thiazole rings is 1. The molecule has 6 nitrogen and oxygen atoms in total. The van der Waals surface area contributed by atoms with Crippen LogP contribution >= 0.6 is 22.9 Å². The molecule has 1 amide bonds. The van der Waals surface area contributed by atoms with Crippen molar-refractivity contribution in [2.75, 3.05) is 10.0 Å². The summed E-state index contributed by atoms with van der Waals surface area (Å²) < 4.78 is 40.5. The van der Waals surface area contributed by atoms with E-state index in [9.17, 15) is 17.6 Å². The van der Waals surface area contributed by atoms with Gasteiger partial charge in [0.15, 0.2) is 5.03 Å². The Labute approximate surface area is 164 Å². The molecule has 1 aromatic heterocycles. The predicted octanol–water partition coefficient (Wildman–Crippen LogP) is 4.36. The van der Waals surface area contributed by atoms with Crippen molar-refractivity contribution >= 4 is 50.2 Å². The van der Waals surface area contributed by atoms with Gasteiger partial charge in [0.25, 0.3) is 10.0 Å². The number of nitrogens with zero attached hydrogens (tertiary/aromatic N) is 1. The number of hydrogen-bond donors (Lipinski definition) is 2. The highest BCUT2D eigenvalue weighted by Crippen LogP contribution is 2.29. The number of carbonyl (C=O) groups excluding carboxylic acids is 1. The van der Waals surface area contributed by atoms with E-state index in [-0.39, 0.29) is 27.5 Å². The Morgan fingerprint density at radius 1 is 1.19 bits per heavy atom. The van der Waals surface area contributed by atoms with Crippen LogP contribution in [0.4, 0.5) is 15.8 Å². The van der Waals surface area contributed by atoms with E-state index < -0.39 is 10.0 Å². The van der Waals surface area contributed by atoms with Gasteiger partial charge in [0.1, 0.15) is 10.8 Å². The molecule has 3 aromatic rings. The summed E-state index contributed by atoms with van der Waals surface area (Å²) in [7, 11) is -3.93. The Hall–Kier alpha value is -2.49. The number of hydrogen-bond acceptors (Lipinski definition) is 5. The lowest BCUT2D eigenvalue weighted by Gasteiger charge is -2.09. The van der Waals surface area contributed by atoms with E-state index in [0.717, 1.165) is 11.3 Å². The van der Waals surface area contributed by atoms with Crippen LogP contribution in [0.5, 0.6) is 0 Å². The Kier molecular flexibility index (Phi) is 5.45. The van der Waals surface area contributed by atoms with Crippen molar-refractivity contribution < 1.29 is 17.6 Å². The molecule has 0 radical (unpaired) electrons. The zero-order valence-corrected chi connectivity index (χ0v) is 16.3. The van der Waals surface area contributed by atoms with Gasteiger partial charge in [-0.25, -0.2) is 9.37 Å². The van der Waals surface area contributed by atoms with E-state index in [1.807, 2.05) is 0 Å². The highest BCUT2D eigenvalue weighted by atomic mass is 35.5. The van der Waals surface area contributed by atoms with Gasteiger partial charge in [-0.2, -0.15) is 8.42 Å². The summed E-state index contributed by atoms with van der Waals surface area (Å²) in [6.07, 6.45) is 0. The molecule has 0 aliphatic carbocycles. The van der Waals surface area contributed by atoms with Gasteiger partial charge in [-0.1, -0.05) is 11.6 Å². The van der Waals surface area contributed by atoms with Gasteiger partial charge in [-0.15, -0.1) is 11.3 Å². The summed E-state index contributed by atoms with van der Waals surface area (Å²) in [5.74, 6) is -0.676. The second kappa shape index (κ2) is 7.63. The van der Waals surface area contributed by atoms with E-state index in [0.29, 0.717) is 16.3 Å². The number of carbonyl (C=O) groups is 1. The normalized spacial score (nSPS) is 11.2. The van der Waals surface area contributed by atoms with Crippen molar-refractivity contribution in [1.82, 2.24) is 4.98 Å². The minimum atomic E-state index is -3.93. The fourth-order valence-electron chi connectivity index (χ4n) is 2.18. The monoisotopic (exact) mass is 425 g/mol. The van der Waals surface area contributed by atoms with Crippen molar-refractivity contribution in [3.8, 4) is 10.6 Å². The Bertz CT molecular complexity index is 1100. The average Bonchev–Trinajstić information content (AvgIpc) is 3.08. The number of rotatable bonds is 5. The minimum absolute atomic E-state index is 0.158. The number of amides is 1. The summed E-state index contributed by atoms with van der Waals surface area (Å²) in [6.45, 7) is 1.34.